The van der Waals surface area contributed by atoms with Crippen LogP contribution >= 0.6 is 15.9 Å². The Morgan fingerprint density at radius 2 is 2.14 bits per heavy atom. The fourth-order valence-corrected chi connectivity index (χ4v) is 2.62. The van der Waals surface area contributed by atoms with Crippen molar-refractivity contribution in [3.05, 3.63) is 28.2 Å². The van der Waals surface area contributed by atoms with Gasteiger partial charge < -0.3 is 14.2 Å². The van der Waals surface area contributed by atoms with Gasteiger partial charge in [0.25, 0.3) is 0 Å². The first-order valence-electron chi connectivity index (χ1n) is 7.36. The third-order valence-corrected chi connectivity index (χ3v) is 4.14. The van der Waals surface area contributed by atoms with Gasteiger partial charge in [-0.25, -0.2) is 0 Å². The summed E-state index contributed by atoms with van der Waals surface area (Å²) in [4.78, 5) is 0. The highest BCUT2D eigenvalue weighted by atomic mass is 79.9. The van der Waals surface area contributed by atoms with E-state index in [4.69, 9.17) is 19.5 Å². The summed E-state index contributed by atoms with van der Waals surface area (Å²) in [7, 11) is 0. The molecule has 2 rings (SSSR count). The van der Waals surface area contributed by atoms with Crippen molar-refractivity contribution < 1.29 is 14.2 Å². The molecule has 0 bridgehead atoms. The molecule has 4 nitrogen and oxygen atoms in total. The van der Waals surface area contributed by atoms with Crippen molar-refractivity contribution >= 4 is 15.9 Å². The first kappa shape index (κ1) is 16.3. The first-order chi connectivity index (χ1) is 10.3. The van der Waals surface area contributed by atoms with Crippen LogP contribution < -0.4 is 4.74 Å². The average Bonchev–Trinajstić information content (AvgIpc) is 2.53. The highest BCUT2D eigenvalue weighted by molar-refractivity contribution is 9.10. The van der Waals surface area contributed by atoms with Crippen LogP contribution in [-0.2, 0) is 9.47 Å². The number of hydrogen-bond acceptors (Lipinski definition) is 4. The molecule has 1 aromatic rings. The molecule has 1 unspecified atom stereocenters. The summed E-state index contributed by atoms with van der Waals surface area (Å²) in [5, 5.41) is 8.94. The molecular formula is C16H20BrNO3. The highest BCUT2D eigenvalue weighted by Gasteiger charge is 2.13. The Morgan fingerprint density at radius 1 is 1.29 bits per heavy atom. The van der Waals surface area contributed by atoms with E-state index in [1.54, 1.807) is 6.07 Å². The van der Waals surface area contributed by atoms with Crippen LogP contribution in [0.1, 0.15) is 37.7 Å². The molecule has 114 valence electrons. The lowest BCUT2D eigenvalue weighted by Gasteiger charge is -2.22. The molecule has 1 saturated heterocycles. The second-order valence-electron chi connectivity index (χ2n) is 4.95. The van der Waals surface area contributed by atoms with Gasteiger partial charge in [0.1, 0.15) is 11.8 Å². The Balaban J connectivity index is 1.60. The number of nitriles is 1. The normalized spacial score (nSPS) is 18.2. The first-order valence-corrected chi connectivity index (χ1v) is 8.15. The van der Waals surface area contributed by atoms with Gasteiger partial charge in [0.05, 0.1) is 16.6 Å². The van der Waals surface area contributed by atoms with Crippen LogP contribution in [0.3, 0.4) is 0 Å². The number of hydrogen-bond donors (Lipinski definition) is 0. The topological polar surface area (TPSA) is 51.5 Å². The van der Waals surface area contributed by atoms with Gasteiger partial charge in [0.2, 0.25) is 0 Å². The van der Waals surface area contributed by atoms with Gasteiger partial charge >= 0.3 is 0 Å². The van der Waals surface area contributed by atoms with E-state index in [-0.39, 0.29) is 6.29 Å². The molecule has 1 heterocycles. The molecule has 0 aromatic heterocycles. The minimum atomic E-state index is -0.0128. The number of ether oxygens (including phenoxy) is 3. The van der Waals surface area contributed by atoms with E-state index in [0.717, 1.165) is 36.8 Å². The molecule has 1 aliphatic rings. The van der Waals surface area contributed by atoms with Crippen molar-refractivity contribution in [3.8, 4) is 11.8 Å². The molecule has 0 saturated carbocycles. The van der Waals surface area contributed by atoms with E-state index < -0.39 is 0 Å². The van der Waals surface area contributed by atoms with Gasteiger partial charge in [-0.1, -0.05) is 6.07 Å². The Labute approximate surface area is 134 Å². The van der Waals surface area contributed by atoms with Crippen molar-refractivity contribution in [1.29, 1.82) is 5.26 Å². The average molecular weight is 354 g/mol. The molecular weight excluding hydrogens is 334 g/mol. The van der Waals surface area contributed by atoms with Crippen molar-refractivity contribution in [2.75, 3.05) is 19.8 Å². The van der Waals surface area contributed by atoms with Gasteiger partial charge in [-0.15, -0.1) is 0 Å². The monoisotopic (exact) mass is 353 g/mol. The second-order valence-corrected chi connectivity index (χ2v) is 5.74. The lowest BCUT2D eigenvalue weighted by molar-refractivity contribution is -0.162. The van der Waals surface area contributed by atoms with E-state index >= 15 is 0 Å². The number of benzene rings is 1. The van der Waals surface area contributed by atoms with Gasteiger partial charge in [0, 0.05) is 13.2 Å². The molecule has 21 heavy (non-hydrogen) atoms. The van der Waals surface area contributed by atoms with E-state index in [0.29, 0.717) is 24.5 Å². The predicted octanol–water partition coefficient (Wildman–Crippen LogP) is 4.02. The molecule has 0 N–H and O–H groups in total. The largest absolute Gasteiger partial charge is 0.492 e. The van der Waals surface area contributed by atoms with Crippen molar-refractivity contribution in [3.63, 3.8) is 0 Å². The molecule has 1 aromatic carbocycles. The maximum absolute atomic E-state index is 8.94. The molecule has 5 heteroatoms. The number of halogens is 1. The highest BCUT2D eigenvalue weighted by Crippen LogP contribution is 2.28. The zero-order valence-electron chi connectivity index (χ0n) is 12.0. The van der Waals surface area contributed by atoms with E-state index in [9.17, 15) is 0 Å². The summed E-state index contributed by atoms with van der Waals surface area (Å²) < 4.78 is 17.6. The fraction of sp³-hybridized carbons (Fsp3) is 0.562. The molecule has 0 spiro atoms. The summed E-state index contributed by atoms with van der Waals surface area (Å²) in [5.74, 6) is 0.714. The third-order valence-electron chi connectivity index (χ3n) is 3.32. The van der Waals surface area contributed by atoms with E-state index in [2.05, 4.69) is 22.0 Å². The SMILES string of the molecule is N#Cc1cccc(OCCCCOC2CCCCO2)c1Br. The maximum atomic E-state index is 8.94. The van der Waals surface area contributed by atoms with Crippen LogP contribution in [0.15, 0.2) is 22.7 Å². The lowest BCUT2D eigenvalue weighted by atomic mass is 10.2. The quantitative estimate of drug-likeness (QED) is 0.694. The second kappa shape index (κ2) is 9.04. The van der Waals surface area contributed by atoms with Gasteiger partial charge in [-0.2, -0.15) is 5.26 Å². The number of unbranched alkanes of at least 4 members (excludes halogenated alkanes) is 1. The van der Waals surface area contributed by atoms with Crippen LogP contribution in [0.5, 0.6) is 5.75 Å². The Morgan fingerprint density at radius 3 is 2.90 bits per heavy atom. The van der Waals surface area contributed by atoms with Crippen LogP contribution in [0.2, 0.25) is 0 Å². The smallest absolute Gasteiger partial charge is 0.157 e. The van der Waals surface area contributed by atoms with Gasteiger partial charge in [0.15, 0.2) is 6.29 Å². The third kappa shape index (κ3) is 5.31. The minimum absolute atomic E-state index is 0.0128. The molecule has 0 radical (unpaired) electrons. The number of rotatable bonds is 7. The van der Waals surface area contributed by atoms with Crippen LogP contribution in [0.25, 0.3) is 0 Å². The van der Waals surface area contributed by atoms with Gasteiger partial charge in [-0.3, -0.25) is 0 Å². The Kier molecular flexibility index (Phi) is 7.01. The maximum Gasteiger partial charge on any atom is 0.157 e. The van der Waals surface area contributed by atoms with Crippen LogP contribution in [0, 0.1) is 11.3 Å². The predicted molar refractivity (Wildman–Crippen MR) is 83.1 cm³/mol. The van der Waals surface area contributed by atoms with E-state index in [1.165, 1.54) is 6.42 Å². The summed E-state index contributed by atoms with van der Waals surface area (Å²) in [6.07, 6.45) is 5.18. The summed E-state index contributed by atoms with van der Waals surface area (Å²) >= 11 is 3.39. The standard InChI is InChI=1S/C16H20BrNO3/c17-16-13(12-18)6-5-7-14(16)19-9-3-4-11-21-15-8-1-2-10-20-15/h5-7,15H,1-4,8-11H2. The summed E-state index contributed by atoms with van der Waals surface area (Å²) in [6.45, 7) is 2.13. The van der Waals surface area contributed by atoms with Crippen molar-refractivity contribution in [2.45, 2.75) is 38.4 Å². The molecule has 1 aliphatic heterocycles. The molecule has 0 aliphatic carbocycles. The summed E-state index contributed by atoms with van der Waals surface area (Å²) in [5.41, 5.74) is 0.588. The van der Waals surface area contributed by atoms with Crippen molar-refractivity contribution in [2.24, 2.45) is 0 Å². The number of nitrogens with zero attached hydrogens (tertiary/aromatic N) is 1. The Bertz CT molecular complexity index is 481. The minimum Gasteiger partial charge on any atom is -0.492 e. The zero-order chi connectivity index (χ0) is 14.9. The zero-order valence-corrected chi connectivity index (χ0v) is 13.6. The Hall–Kier alpha value is -1.09. The summed E-state index contributed by atoms with van der Waals surface area (Å²) in [6, 6.07) is 7.56. The van der Waals surface area contributed by atoms with Gasteiger partial charge in [-0.05, 0) is 60.2 Å². The van der Waals surface area contributed by atoms with Crippen molar-refractivity contribution in [1.82, 2.24) is 0 Å². The van der Waals surface area contributed by atoms with E-state index in [1.807, 2.05) is 12.1 Å². The van der Waals surface area contributed by atoms with Crippen LogP contribution in [0.4, 0.5) is 0 Å². The molecule has 1 fully saturated rings. The molecule has 1 atom stereocenters. The van der Waals surface area contributed by atoms with Crippen LogP contribution in [-0.4, -0.2) is 26.1 Å². The molecule has 0 amide bonds. The lowest BCUT2D eigenvalue weighted by Crippen LogP contribution is -2.22. The fourth-order valence-electron chi connectivity index (χ4n) is 2.15.